The quantitative estimate of drug-likeness (QED) is 0.816. The molecule has 1 saturated carbocycles. The Kier molecular flexibility index (Phi) is 5.44. The number of thioether (sulfide) groups is 1. The Morgan fingerprint density at radius 1 is 0.962 bits per heavy atom. The predicted molar refractivity (Wildman–Crippen MR) is 107 cm³/mol. The molecular weight excluding hydrogens is 342 g/mol. The minimum absolute atomic E-state index is 0.131. The fraction of sp³-hybridized carbons (Fsp3) is 0.429. The second kappa shape index (κ2) is 8.12. The van der Waals surface area contributed by atoms with Crippen LogP contribution in [0.1, 0.15) is 36.0 Å². The summed E-state index contributed by atoms with van der Waals surface area (Å²) in [6.45, 7) is 3.27. The third-order valence-electron chi connectivity index (χ3n) is 5.27. The third kappa shape index (κ3) is 3.88. The van der Waals surface area contributed by atoms with E-state index in [0.717, 1.165) is 36.8 Å². The summed E-state index contributed by atoms with van der Waals surface area (Å²) in [6, 6.07) is 14.3. The number of aromatic nitrogens is 1. The zero-order valence-corrected chi connectivity index (χ0v) is 15.8. The minimum atomic E-state index is 0.131. The minimum Gasteiger partial charge on any atom is -0.368 e. The summed E-state index contributed by atoms with van der Waals surface area (Å²) in [5.41, 5.74) is 2.01. The molecule has 26 heavy (non-hydrogen) atoms. The maximum Gasteiger partial charge on any atom is 0.256 e. The molecule has 4 rings (SSSR count). The highest BCUT2D eigenvalue weighted by Crippen LogP contribution is 2.35. The summed E-state index contributed by atoms with van der Waals surface area (Å²) in [7, 11) is 0. The van der Waals surface area contributed by atoms with E-state index in [4.69, 9.17) is 0 Å². The van der Waals surface area contributed by atoms with E-state index in [1.807, 2.05) is 23.1 Å². The van der Waals surface area contributed by atoms with Gasteiger partial charge in [0.2, 0.25) is 0 Å². The molecule has 1 saturated heterocycles. The largest absolute Gasteiger partial charge is 0.368 e. The van der Waals surface area contributed by atoms with Crippen LogP contribution >= 0.6 is 11.8 Å². The van der Waals surface area contributed by atoms with Gasteiger partial charge in [0.15, 0.2) is 0 Å². The fourth-order valence-corrected chi connectivity index (χ4v) is 5.08. The fourth-order valence-electron chi connectivity index (χ4n) is 3.79. The van der Waals surface area contributed by atoms with Crippen molar-refractivity contribution in [3.63, 3.8) is 0 Å². The molecule has 2 fully saturated rings. The van der Waals surface area contributed by atoms with E-state index in [1.54, 1.807) is 18.0 Å². The van der Waals surface area contributed by atoms with Crippen LogP contribution in [0.15, 0.2) is 53.7 Å². The van der Waals surface area contributed by atoms with Gasteiger partial charge in [0.25, 0.3) is 5.91 Å². The molecule has 4 nitrogen and oxygen atoms in total. The molecule has 0 N–H and O–H groups in total. The van der Waals surface area contributed by atoms with Crippen LogP contribution in [0.2, 0.25) is 0 Å². The van der Waals surface area contributed by atoms with Gasteiger partial charge in [-0.05, 0) is 37.1 Å². The summed E-state index contributed by atoms with van der Waals surface area (Å²) in [5.74, 6) is 0.131. The van der Waals surface area contributed by atoms with Gasteiger partial charge in [-0.25, -0.2) is 4.98 Å². The molecule has 0 radical (unpaired) electrons. The second-order valence-electron chi connectivity index (χ2n) is 7.00. The smallest absolute Gasteiger partial charge is 0.256 e. The number of piperazine rings is 1. The first-order chi connectivity index (χ1) is 12.8. The molecule has 1 aliphatic heterocycles. The number of para-hydroxylation sites is 1. The van der Waals surface area contributed by atoms with E-state index in [9.17, 15) is 4.79 Å². The average Bonchev–Trinajstić information content (AvgIpc) is 3.22. The molecule has 0 spiro atoms. The number of hydrogen-bond donors (Lipinski definition) is 0. The number of rotatable bonds is 4. The molecule has 1 aromatic carbocycles. The zero-order valence-electron chi connectivity index (χ0n) is 15.0. The Labute approximate surface area is 159 Å². The Bertz CT molecular complexity index is 738. The van der Waals surface area contributed by atoms with E-state index in [-0.39, 0.29) is 5.91 Å². The van der Waals surface area contributed by atoms with Gasteiger partial charge in [0.1, 0.15) is 5.03 Å². The third-order valence-corrected chi connectivity index (χ3v) is 6.62. The van der Waals surface area contributed by atoms with Crippen LogP contribution < -0.4 is 4.90 Å². The first-order valence-electron chi connectivity index (χ1n) is 9.52. The van der Waals surface area contributed by atoms with Gasteiger partial charge >= 0.3 is 0 Å². The zero-order chi connectivity index (χ0) is 17.8. The van der Waals surface area contributed by atoms with E-state index in [0.29, 0.717) is 5.25 Å². The van der Waals surface area contributed by atoms with Crippen LogP contribution in [-0.2, 0) is 0 Å². The molecule has 2 heterocycles. The lowest BCUT2D eigenvalue weighted by Gasteiger charge is -2.36. The predicted octanol–water partition coefficient (Wildman–Crippen LogP) is 4.08. The molecule has 2 aliphatic rings. The van der Waals surface area contributed by atoms with Gasteiger partial charge in [0, 0.05) is 43.3 Å². The lowest BCUT2D eigenvalue weighted by Crippen LogP contribution is -2.48. The number of anilines is 1. The van der Waals surface area contributed by atoms with Crippen LogP contribution in [0, 0.1) is 0 Å². The van der Waals surface area contributed by atoms with E-state index >= 15 is 0 Å². The van der Waals surface area contributed by atoms with Crippen molar-refractivity contribution >= 4 is 23.4 Å². The summed E-state index contributed by atoms with van der Waals surface area (Å²) in [4.78, 5) is 21.9. The Balaban J connectivity index is 1.42. The van der Waals surface area contributed by atoms with Crippen molar-refractivity contribution in [3.8, 4) is 0 Å². The van der Waals surface area contributed by atoms with Gasteiger partial charge in [-0.15, -0.1) is 11.8 Å². The monoisotopic (exact) mass is 367 g/mol. The molecule has 0 unspecified atom stereocenters. The highest BCUT2D eigenvalue weighted by atomic mass is 32.2. The van der Waals surface area contributed by atoms with Crippen molar-refractivity contribution < 1.29 is 4.79 Å². The number of pyridine rings is 1. The van der Waals surface area contributed by atoms with E-state index < -0.39 is 0 Å². The second-order valence-corrected chi connectivity index (χ2v) is 8.28. The summed E-state index contributed by atoms with van der Waals surface area (Å²) in [5, 5.41) is 1.53. The maximum atomic E-state index is 13.1. The number of benzene rings is 1. The molecule has 1 aliphatic carbocycles. The van der Waals surface area contributed by atoms with Crippen molar-refractivity contribution in [1.29, 1.82) is 0 Å². The van der Waals surface area contributed by atoms with Crippen molar-refractivity contribution in [3.05, 3.63) is 54.2 Å². The van der Waals surface area contributed by atoms with Crippen LogP contribution in [0.5, 0.6) is 0 Å². The van der Waals surface area contributed by atoms with Crippen molar-refractivity contribution in [2.75, 3.05) is 31.1 Å². The Morgan fingerprint density at radius 2 is 1.69 bits per heavy atom. The first kappa shape index (κ1) is 17.4. The van der Waals surface area contributed by atoms with Gasteiger partial charge < -0.3 is 9.80 Å². The molecule has 5 heteroatoms. The Morgan fingerprint density at radius 3 is 2.42 bits per heavy atom. The number of carbonyl (C=O) groups excluding carboxylic acids is 1. The number of hydrogen-bond acceptors (Lipinski definition) is 4. The van der Waals surface area contributed by atoms with Crippen molar-refractivity contribution in [1.82, 2.24) is 9.88 Å². The molecule has 0 bridgehead atoms. The van der Waals surface area contributed by atoms with E-state index in [2.05, 4.69) is 34.1 Å². The van der Waals surface area contributed by atoms with Gasteiger partial charge in [-0.3, -0.25) is 4.79 Å². The van der Waals surface area contributed by atoms with Gasteiger partial charge in [-0.2, -0.15) is 0 Å². The molecular formula is C21H25N3OS. The summed E-state index contributed by atoms with van der Waals surface area (Å²) < 4.78 is 0. The lowest BCUT2D eigenvalue weighted by molar-refractivity contribution is 0.0742. The van der Waals surface area contributed by atoms with Crippen molar-refractivity contribution in [2.24, 2.45) is 0 Å². The number of amides is 1. The van der Waals surface area contributed by atoms with Crippen molar-refractivity contribution in [2.45, 2.75) is 36.0 Å². The normalized spacial score (nSPS) is 18.3. The van der Waals surface area contributed by atoms with Crippen LogP contribution in [0.4, 0.5) is 5.69 Å². The maximum absolute atomic E-state index is 13.1. The summed E-state index contributed by atoms with van der Waals surface area (Å²) >= 11 is 1.80. The Hall–Kier alpha value is -2.01. The summed E-state index contributed by atoms with van der Waals surface area (Å²) in [6.07, 6.45) is 6.89. The number of nitrogens with zero attached hydrogens (tertiary/aromatic N) is 3. The standard InChI is InChI=1S/C21H25N3OS/c25-21(19-11-6-12-22-20(19)26-18-9-4-5-10-18)24-15-13-23(14-16-24)17-7-2-1-3-8-17/h1-3,6-8,11-12,18H,4-5,9-10,13-16H2. The van der Waals surface area contributed by atoms with Gasteiger partial charge in [0.05, 0.1) is 5.56 Å². The molecule has 0 atom stereocenters. The van der Waals surface area contributed by atoms with Crippen LogP contribution in [0.25, 0.3) is 0 Å². The SMILES string of the molecule is O=C(c1cccnc1SC1CCCC1)N1CCN(c2ccccc2)CC1. The molecule has 1 amide bonds. The van der Waals surface area contributed by atoms with Crippen LogP contribution in [-0.4, -0.2) is 47.2 Å². The average molecular weight is 368 g/mol. The highest BCUT2D eigenvalue weighted by Gasteiger charge is 2.26. The first-order valence-corrected chi connectivity index (χ1v) is 10.4. The molecule has 136 valence electrons. The number of carbonyl (C=O) groups is 1. The molecule has 1 aromatic heterocycles. The van der Waals surface area contributed by atoms with Gasteiger partial charge in [-0.1, -0.05) is 31.0 Å². The lowest BCUT2D eigenvalue weighted by atomic mass is 10.2. The van der Waals surface area contributed by atoms with Crippen LogP contribution in [0.3, 0.4) is 0 Å². The topological polar surface area (TPSA) is 36.4 Å². The molecule has 2 aromatic rings. The van der Waals surface area contributed by atoms with E-state index in [1.165, 1.54) is 31.4 Å². The highest BCUT2D eigenvalue weighted by molar-refractivity contribution is 7.99.